The van der Waals surface area contributed by atoms with Crippen LogP contribution in [0.25, 0.3) is 0 Å². The summed E-state index contributed by atoms with van der Waals surface area (Å²) in [6, 6.07) is 5.58. The third-order valence-corrected chi connectivity index (χ3v) is 1.68. The summed E-state index contributed by atoms with van der Waals surface area (Å²) in [6.45, 7) is 0. The smallest absolute Gasteiger partial charge is 0.142 e. The van der Waals surface area contributed by atoms with Gasteiger partial charge in [-0.25, -0.2) is 0 Å². The van der Waals surface area contributed by atoms with Gasteiger partial charge < -0.3 is 15.4 Å². The molecule has 66 valence electrons. The second kappa shape index (κ2) is 3.34. The second-order valence-corrected chi connectivity index (χ2v) is 2.83. The molecular weight excluding hydrogens is 152 g/mol. The summed E-state index contributed by atoms with van der Waals surface area (Å²) >= 11 is 0. The Bertz CT molecular complexity index is 271. The fourth-order valence-corrected chi connectivity index (χ4v) is 1.06. The van der Waals surface area contributed by atoms with E-state index in [4.69, 9.17) is 10.5 Å². The van der Waals surface area contributed by atoms with Gasteiger partial charge in [0.1, 0.15) is 5.75 Å². The minimum absolute atomic E-state index is 0.750. The molecule has 0 heterocycles. The number of nitrogens with zero attached hydrogens (tertiary/aromatic N) is 1. The Morgan fingerprint density at radius 2 is 2.00 bits per heavy atom. The first-order valence-electron chi connectivity index (χ1n) is 3.76. The predicted octanol–water partition coefficient (Wildman–Crippen LogP) is 1.34. The SMILES string of the molecule is COc1ccc(N)cc1N(C)C. The van der Waals surface area contributed by atoms with Gasteiger partial charge in [-0.15, -0.1) is 0 Å². The molecule has 0 aliphatic carbocycles. The summed E-state index contributed by atoms with van der Waals surface area (Å²) < 4.78 is 5.16. The van der Waals surface area contributed by atoms with E-state index in [0.29, 0.717) is 0 Å². The van der Waals surface area contributed by atoms with Crippen LogP contribution < -0.4 is 15.4 Å². The van der Waals surface area contributed by atoms with Crippen LogP contribution in [0.3, 0.4) is 0 Å². The van der Waals surface area contributed by atoms with Crippen LogP contribution in [0.2, 0.25) is 0 Å². The van der Waals surface area contributed by atoms with E-state index in [9.17, 15) is 0 Å². The summed E-state index contributed by atoms with van der Waals surface area (Å²) in [6.07, 6.45) is 0. The van der Waals surface area contributed by atoms with Gasteiger partial charge >= 0.3 is 0 Å². The first kappa shape index (κ1) is 8.71. The lowest BCUT2D eigenvalue weighted by molar-refractivity contribution is 0.415. The Kier molecular flexibility index (Phi) is 2.43. The molecule has 0 spiro atoms. The van der Waals surface area contributed by atoms with Crippen molar-refractivity contribution >= 4 is 11.4 Å². The molecule has 1 aromatic carbocycles. The third kappa shape index (κ3) is 1.61. The quantitative estimate of drug-likeness (QED) is 0.674. The maximum Gasteiger partial charge on any atom is 0.142 e. The van der Waals surface area contributed by atoms with Gasteiger partial charge in [0.15, 0.2) is 0 Å². The molecule has 3 heteroatoms. The fourth-order valence-electron chi connectivity index (χ4n) is 1.06. The van der Waals surface area contributed by atoms with Crippen LogP contribution in [0.1, 0.15) is 0 Å². The van der Waals surface area contributed by atoms with Crippen LogP contribution in [0, 0.1) is 0 Å². The van der Waals surface area contributed by atoms with E-state index in [1.54, 1.807) is 7.11 Å². The summed E-state index contributed by atoms with van der Waals surface area (Å²) in [5.74, 6) is 0.842. The van der Waals surface area contributed by atoms with Gasteiger partial charge in [-0.05, 0) is 18.2 Å². The molecule has 0 fully saturated rings. The molecule has 0 bridgehead atoms. The van der Waals surface area contributed by atoms with Gasteiger partial charge in [0.2, 0.25) is 0 Å². The standard InChI is InChI=1S/C9H14N2O/c1-11(2)8-6-7(10)4-5-9(8)12-3/h4-6H,10H2,1-3H3. The Morgan fingerprint density at radius 3 is 2.50 bits per heavy atom. The van der Waals surface area contributed by atoms with Crippen LogP contribution >= 0.6 is 0 Å². The zero-order chi connectivity index (χ0) is 9.14. The van der Waals surface area contributed by atoms with Crippen molar-refractivity contribution in [3.8, 4) is 5.75 Å². The predicted molar refractivity (Wildman–Crippen MR) is 51.7 cm³/mol. The van der Waals surface area contributed by atoms with Crippen molar-refractivity contribution in [2.75, 3.05) is 31.8 Å². The molecule has 0 unspecified atom stereocenters. The van der Waals surface area contributed by atoms with Crippen molar-refractivity contribution in [2.45, 2.75) is 0 Å². The maximum absolute atomic E-state index is 5.64. The van der Waals surface area contributed by atoms with Crippen molar-refractivity contribution in [2.24, 2.45) is 0 Å². The minimum Gasteiger partial charge on any atom is -0.495 e. The molecular formula is C9H14N2O. The molecule has 0 aliphatic heterocycles. The average molecular weight is 166 g/mol. The molecule has 0 saturated heterocycles. The molecule has 1 rings (SSSR count). The molecule has 0 radical (unpaired) electrons. The molecule has 0 saturated carbocycles. The van der Waals surface area contributed by atoms with E-state index < -0.39 is 0 Å². The normalized spacial score (nSPS) is 9.58. The molecule has 0 aromatic heterocycles. The van der Waals surface area contributed by atoms with Crippen LogP contribution in [0.15, 0.2) is 18.2 Å². The number of rotatable bonds is 2. The lowest BCUT2D eigenvalue weighted by Crippen LogP contribution is -2.10. The molecule has 0 aliphatic rings. The number of benzene rings is 1. The lowest BCUT2D eigenvalue weighted by atomic mass is 10.2. The van der Waals surface area contributed by atoms with Gasteiger partial charge in [-0.1, -0.05) is 0 Å². The monoisotopic (exact) mass is 166 g/mol. The number of methoxy groups -OCH3 is 1. The van der Waals surface area contributed by atoms with E-state index in [0.717, 1.165) is 17.1 Å². The number of nitrogens with two attached hydrogens (primary N) is 1. The van der Waals surface area contributed by atoms with Gasteiger partial charge in [-0.3, -0.25) is 0 Å². The lowest BCUT2D eigenvalue weighted by Gasteiger charge is -2.16. The zero-order valence-corrected chi connectivity index (χ0v) is 7.66. The number of hydrogen-bond donors (Lipinski definition) is 1. The van der Waals surface area contributed by atoms with Crippen molar-refractivity contribution < 1.29 is 4.74 Å². The Labute approximate surface area is 72.7 Å². The van der Waals surface area contributed by atoms with Gasteiger partial charge in [0.05, 0.1) is 12.8 Å². The highest BCUT2D eigenvalue weighted by Gasteiger charge is 2.03. The van der Waals surface area contributed by atoms with Crippen LogP contribution in [0.5, 0.6) is 5.75 Å². The first-order chi connectivity index (χ1) is 5.65. The van der Waals surface area contributed by atoms with E-state index in [-0.39, 0.29) is 0 Å². The third-order valence-electron chi connectivity index (χ3n) is 1.68. The van der Waals surface area contributed by atoms with E-state index in [1.165, 1.54) is 0 Å². The van der Waals surface area contributed by atoms with Crippen molar-refractivity contribution in [3.05, 3.63) is 18.2 Å². The number of nitrogen functional groups attached to an aromatic ring is 1. The highest BCUT2D eigenvalue weighted by Crippen LogP contribution is 2.28. The highest BCUT2D eigenvalue weighted by atomic mass is 16.5. The maximum atomic E-state index is 5.64. The summed E-state index contributed by atoms with van der Waals surface area (Å²) in [4.78, 5) is 1.97. The zero-order valence-electron chi connectivity index (χ0n) is 7.66. The van der Waals surface area contributed by atoms with Crippen molar-refractivity contribution in [1.82, 2.24) is 0 Å². The number of hydrogen-bond acceptors (Lipinski definition) is 3. The fraction of sp³-hybridized carbons (Fsp3) is 0.333. The van der Waals surface area contributed by atoms with Gasteiger partial charge in [0.25, 0.3) is 0 Å². The molecule has 3 nitrogen and oxygen atoms in total. The molecule has 0 atom stereocenters. The largest absolute Gasteiger partial charge is 0.495 e. The van der Waals surface area contributed by atoms with E-state index >= 15 is 0 Å². The van der Waals surface area contributed by atoms with Crippen LogP contribution in [0.4, 0.5) is 11.4 Å². The summed E-state index contributed by atoms with van der Waals surface area (Å²) in [5.41, 5.74) is 7.38. The van der Waals surface area contributed by atoms with Crippen molar-refractivity contribution in [1.29, 1.82) is 0 Å². The topological polar surface area (TPSA) is 38.5 Å². The summed E-state index contributed by atoms with van der Waals surface area (Å²) in [5, 5.41) is 0. The van der Waals surface area contributed by atoms with Crippen LogP contribution in [-0.2, 0) is 0 Å². The summed E-state index contributed by atoms with van der Waals surface area (Å²) in [7, 11) is 5.56. The van der Waals surface area contributed by atoms with Gasteiger partial charge in [0, 0.05) is 19.8 Å². The average Bonchev–Trinajstić information content (AvgIpc) is 2.04. The number of anilines is 2. The Balaban J connectivity index is 3.12. The molecule has 0 amide bonds. The second-order valence-electron chi connectivity index (χ2n) is 2.83. The van der Waals surface area contributed by atoms with E-state index in [1.807, 2.05) is 37.2 Å². The van der Waals surface area contributed by atoms with E-state index in [2.05, 4.69) is 0 Å². The first-order valence-corrected chi connectivity index (χ1v) is 3.76. The molecule has 1 aromatic rings. The Hall–Kier alpha value is -1.38. The van der Waals surface area contributed by atoms with Gasteiger partial charge in [-0.2, -0.15) is 0 Å². The van der Waals surface area contributed by atoms with Crippen LogP contribution in [-0.4, -0.2) is 21.2 Å². The molecule has 12 heavy (non-hydrogen) atoms. The minimum atomic E-state index is 0.750. The Morgan fingerprint density at radius 1 is 1.33 bits per heavy atom. The highest BCUT2D eigenvalue weighted by molar-refractivity contribution is 5.64. The molecule has 2 N–H and O–H groups in total. The van der Waals surface area contributed by atoms with Crippen molar-refractivity contribution in [3.63, 3.8) is 0 Å². The number of ether oxygens (including phenoxy) is 1.